The zero-order valence-corrected chi connectivity index (χ0v) is 16.0. The fraction of sp³-hybridized carbons (Fsp3) is 0.684. The first kappa shape index (κ1) is 19.5. The van der Waals surface area contributed by atoms with Crippen molar-refractivity contribution in [3.05, 3.63) is 29.6 Å². The highest BCUT2D eigenvalue weighted by Gasteiger charge is 2.54. The summed E-state index contributed by atoms with van der Waals surface area (Å²) in [5.74, 6) is 0.178. The molecule has 144 valence electrons. The van der Waals surface area contributed by atoms with Crippen LogP contribution < -0.4 is 5.73 Å². The fourth-order valence-electron chi connectivity index (χ4n) is 5.10. The molecule has 1 amide bonds. The minimum atomic E-state index is -0.508. The van der Waals surface area contributed by atoms with Gasteiger partial charge in [0, 0.05) is 44.8 Å². The maximum Gasteiger partial charge on any atom is 0.267 e. The van der Waals surface area contributed by atoms with Gasteiger partial charge in [0.15, 0.2) is 0 Å². The molecule has 6 nitrogen and oxygen atoms in total. The molecule has 4 rings (SSSR count). The van der Waals surface area contributed by atoms with Gasteiger partial charge in [-0.3, -0.25) is 14.7 Å². The summed E-state index contributed by atoms with van der Waals surface area (Å²) in [6, 6.07) is 3.77. The third-order valence-electron chi connectivity index (χ3n) is 6.42. The van der Waals surface area contributed by atoms with Gasteiger partial charge in [-0.1, -0.05) is 6.42 Å². The van der Waals surface area contributed by atoms with E-state index in [-0.39, 0.29) is 12.4 Å². The van der Waals surface area contributed by atoms with E-state index in [1.165, 1.54) is 6.42 Å². The van der Waals surface area contributed by atoms with Gasteiger partial charge in [0.05, 0.1) is 5.60 Å². The standard InChI is InChI=1S/C19H27N3O3.ClH/c1-25-19(13-5-8-21-16(9-13)17(20)23)14-3-2-4-15(19)11-22(10-14)12-18(24)6-7-18;/h5,8-9,14-15,24H,2-4,6-7,10-12H2,1H3,(H2,20,23);1H/t14-,15+,19+;. The van der Waals surface area contributed by atoms with Crippen molar-refractivity contribution in [1.29, 1.82) is 0 Å². The third-order valence-corrected chi connectivity index (χ3v) is 6.42. The minimum Gasteiger partial charge on any atom is -0.389 e. The van der Waals surface area contributed by atoms with E-state index in [9.17, 15) is 9.90 Å². The number of likely N-dealkylation sites (tertiary alicyclic amines) is 1. The molecule has 7 heteroatoms. The Hall–Kier alpha value is -1.21. The molecule has 2 aliphatic carbocycles. The highest BCUT2D eigenvalue weighted by Crippen LogP contribution is 2.52. The Morgan fingerprint density at radius 3 is 2.58 bits per heavy atom. The van der Waals surface area contributed by atoms with Gasteiger partial charge in [-0.2, -0.15) is 0 Å². The number of rotatable bonds is 5. The van der Waals surface area contributed by atoms with Crippen LogP contribution in [0.3, 0.4) is 0 Å². The Kier molecular flexibility index (Phi) is 5.32. The molecule has 26 heavy (non-hydrogen) atoms. The van der Waals surface area contributed by atoms with Crippen molar-refractivity contribution in [2.45, 2.75) is 43.3 Å². The number of piperidine rings is 1. The SMILES string of the molecule is CO[C@@]1(c2ccnc(C(N)=O)c2)[C@@H]2CCC[C@H]1CN(CC1(O)CC1)C2.Cl. The van der Waals surface area contributed by atoms with Gasteiger partial charge in [-0.15, -0.1) is 12.4 Å². The van der Waals surface area contributed by atoms with Crippen LogP contribution in [-0.4, -0.2) is 53.2 Å². The van der Waals surface area contributed by atoms with E-state index in [0.29, 0.717) is 17.5 Å². The fourth-order valence-corrected chi connectivity index (χ4v) is 5.10. The number of aromatic nitrogens is 1. The predicted octanol–water partition coefficient (Wildman–Crippen LogP) is 1.70. The zero-order chi connectivity index (χ0) is 17.7. The van der Waals surface area contributed by atoms with Crippen LogP contribution in [0.5, 0.6) is 0 Å². The quantitative estimate of drug-likeness (QED) is 0.810. The number of amides is 1. The van der Waals surface area contributed by atoms with Crippen LogP contribution >= 0.6 is 12.4 Å². The number of methoxy groups -OCH3 is 1. The number of halogens is 1. The molecular weight excluding hydrogens is 354 g/mol. The molecule has 1 aromatic rings. The van der Waals surface area contributed by atoms with E-state index >= 15 is 0 Å². The average molecular weight is 382 g/mol. The summed E-state index contributed by atoms with van der Waals surface area (Å²) in [5.41, 5.74) is 5.88. The Morgan fingerprint density at radius 2 is 2.04 bits per heavy atom. The lowest BCUT2D eigenvalue weighted by Gasteiger charge is -2.55. The first-order valence-electron chi connectivity index (χ1n) is 9.23. The van der Waals surface area contributed by atoms with Crippen molar-refractivity contribution < 1.29 is 14.6 Å². The Labute approximate surface area is 160 Å². The van der Waals surface area contributed by atoms with Crippen LogP contribution in [0.25, 0.3) is 0 Å². The van der Waals surface area contributed by atoms with Crippen LogP contribution in [0.2, 0.25) is 0 Å². The van der Waals surface area contributed by atoms with Crippen LogP contribution in [0.1, 0.15) is 48.2 Å². The van der Waals surface area contributed by atoms with Crippen LogP contribution in [0.4, 0.5) is 0 Å². The second-order valence-electron chi connectivity index (χ2n) is 8.03. The number of carbonyl (C=O) groups excluding carboxylic acids is 1. The van der Waals surface area contributed by atoms with E-state index < -0.39 is 17.1 Å². The largest absolute Gasteiger partial charge is 0.389 e. The average Bonchev–Trinajstić information content (AvgIpc) is 3.31. The molecule has 1 aromatic heterocycles. The first-order chi connectivity index (χ1) is 12.0. The van der Waals surface area contributed by atoms with E-state index in [1.807, 2.05) is 6.07 Å². The van der Waals surface area contributed by atoms with Gasteiger partial charge in [0.2, 0.25) is 0 Å². The van der Waals surface area contributed by atoms with Crippen molar-refractivity contribution in [3.63, 3.8) is 0 Å². The number of hydrogen-bond donors (Lipinski definition) is 2. The van der Waals surface area contributed by atoms with Gasteiger partial charge in [0.25, 0.3) is 5.91 Å². The highest BCUT2D eigenvalue weighted by molar-refractivity contribution is 5.90. The molecule has 3 fully saturated rings. The number of pyridine rings is 1. The van der Waals surface area contributed by atoms with Crippen LogP contribution in [0, 0.1) is 11.8 Å². The number of aliphatic hydroxyl groups is 1. The minimum absolute atomic E-state index is 0. The van der Waals surface area contributed by atoms with Crippen LogP contribution in [0.15, 0.2) is 18.3 Å². The number of primary amides is 1. The van der Waals surface area contributed by atoms with Gasteiger partial charge >= 0.3 is 0 Å². The summed E-state index contributed by atoms with van der Waals surface area (Å²) in [4.78, 5) is 18.1. The molecule has 0 aromatic carbocycles. The molecule has 3 N–H and O–H groups in total. The maximum absolute atomic E-state index is 11.6. The molecule has 0 unspecified atom stereocenters. The van der Waals surface area contributed by atoms with E-state index in [4.69, 9.17) is 10.5 Å². The lowest BCUT2D eigenvalue weighted by Crippen LogP contribution is -2.60. The molecule has 1 aliphatic heterocycles. The predicted molar refractivity (Wildman–Crippen MR) is 100 cm³/mol. The second kappa shape index (κ2) is 7.08. The Bertz CT molecular complexity index is 666. The van der Waals surface area contributed by atoms with Crippen molar-refractivity contribution in [2.24, 2.45) is 17.6 Å². The van der Waals surface area contributed by atoms with E-state index in [1.54, 1.807) is 19.4 Å². The molecule has 2 saturated carbocycles. The zero-order valence-electron chi connectivity index (χ0n) is 15.2. The Morgan fingerprint density at radius 1 is 1.38 bits per heavy atom. The second-order valence-corrected chi connectivity index (χ2v) is 8.03. The molecular formula is C19H28ClN3O3. The Balaban J connectivity index is 0.00000196. The number of hydrogen-bond acceptors (Lipinski definition) is 5. The topological polar surface area (TPSA) is 88.7 Å². The monoisotopic (exact) mass is 381 g/mol. The van der Waals surface area contributed by atoms with Gasteiger partial charge in [0.1, 0.15) is 11.3 Å². The summed E-state index contributed by atoms with van der Waals surface area (Å²) in [6.45, 7) is 2.60. The molecule has 1 saturated heterocycles. The number of nitrogens with two attached hydrogens (primary N) is 1. The molecule has 2 heterocycles. The molecule has 2 bridgehead atoms. The third kappa shape index (κ3) is 3.24. The lowest BCUT2D eigenvalue weighted by molar-refractivity contribution is -0.172. The summed E-state index contributed by atoms with van der Waals surface area (Å²) < 4.78 is 6.19. The van der Waals surface area contributed by atoms with Crippen molar-refractivity contribution >= 4 is 18.3 Å². The van der Waals surface area contributed by atoms with Crippen molar-refractivity contribution in [2.75, 3.05) is 26.7 Å². The number of fused-ring (bicyclic) bond motifs is 2. The van der Waals surface area contributed by atoms with Gasteiger partial charge < -0.3 is 15.6 Å². The van der Waals surface area contributed by atoms with E-state index in [0.717, 1.165) is 50.9 Å². The van der Waals surface area contributed by atoms with Gasteiger partial charge in [-0.25, -0.2) is 0 Å². The van der Waals surface area contributed by atoms with Crippen LogP contribution in [-0.2, 0) is 10.3 Å². The summed E-state index contributed by atoms with van der Waals surface area (Å²) >= 11 is 0. The smallest absolute Gasteiger partial charge is 0.267 e. The van der Waals surface area contributed by atoms with Crippen molar-refractivity contribution in [3.8, 4) is 0 Å². The number of ether oxygens (including phenoxy) is 1. The first-order valence-corrected chi connectivity index (χ1v) is 9.23. The number of β-amino-alcohol motifs (C(OH)–C–C–N with tert-alkyl or cyclic N) is 1. The molecule has 3 aliphatic rings. The van der Waals surface area contributed by atoms with E-state index in [2.05, 4.69) is 9.88 Å². The number of carbonyl (C=O) groups is 1. The molecule has 3 atom stereocenters. The van der Waals surface area contributed by atoms with Crippen molar-refractivity contribution in [1.82, 2.24) is 9.88 Å². The highest BCUT2D eigenvalue weighted by atomic mass is 35.5. The van der Waals surface area contributed by atoms with Gasteiger partial charge in [-0.05, 0) is 43.4 Å². The maximum atomic E-state index is 11.6. The normalized spacial score (nSPS) is 32.5. The number of nitrogens with zero attached hydrogens (tertiary/aromatic N) is 2. The molecule has 0 radical (unpaired) electrons. The summed E-state index contributed by atoms with van der Waals surface area (Å²) in [6.07, 6.45) is 6.87. The lowest BCUT2D eigenvalue weighted by atomic mass is 9.62. The summed E-state index contributed by atoms with van der Waals surface area (Å²) in [5, 5.41) is 10.3. The molecule has 0 spiro atoms. The summed E-state index contributed by atoms with van der Waals surface area (Å²) in [7, 11) is 1.78.